The number of halogens is 3. The van der Waals surface area contributed by atoms with Gasteiger partial charge in [-0.2, -0.15) is 13.2 Å². The number of hydrogen-bond donors (Lipinski definition) is 1. The molecular formula is C19H15F3N6OS. The van der Waals surface area contributed by atoms with Gasteiger partial charge in [-0.1, -0.05) is 23.5 Å². The molecule has 2 aromatic heterocycles. The van der Waals surface area contributed by atoms with E-state index in [9.17, 15) is 18.0 Å². The van der Waals surface area contributed by atoms with E-state index in [2.05, 4.69) is 25.4 Å². The Balaban J connectivity index is 1.55. The van der Waals surface area contributed by atoms with Crippen LogP contribution in [0.3, 0.4) is 0 Å². The molecule has 0 aliphatic carbocycles. The molecule has 2 bridgehead atoms. The van der Waals surface area contributed by atoms with Crippen molar-refractivity contribution in [2.45, 2.75) is 18.6 Å². The summed E-state index contributed by atoms with van der Waals surface area (Å²) in [4.78, 5) is 21.3. The standard InChI is InChI=1S/C19H15F3N6OS/c20-19(21,22)12-3-1-2-11(8-12)14-4-5-15-16(24-14)28(13-6-7-27(15)9-13)18(29)25-17-26-23-10-30-17/h1-5,8,10,13H,6-7,9H2,(H,25,26,29)/t13-/m0/s1. The number of aromatic nitrogens is 3. The molecule has 2 aliphatic rings. The quantitative estimate of drug-likeness (QED) is 0.655. The van der Waals surface area contributed by atoms with Gasteiger partial charge in [0.25, 0.3) is 0 Å². The molecule has 1 N–H and O–H groups in total. The van der Waals surface area contributed by atoms with E-state index in [4.69, 9.17) is 0 Å². The van der Waals surface area contributed by atoms with Gasteiger partial charge in [-0.25, -0.2) is 9.78 Å². The molecule has 30 heavy (non-hydrogen) atoms. The molecule has 1 atom stereocenters. The molecule has 154 valence electrons. The van der Waals surface area contributed by atoms with Gasteiger partial charge < -0.3 is 4.90 Å². The summed E-state index contributed by atoms with van der Waals surface area (Å²) in [5.74, 6) is 0.431. The van der Waals surface area contributed by atoms with Gasteiger partial charge >= 0.3 is 12.2 Å². The van der Waals surface area contributed by atoms with Gasteiger partial charge in [0, 0.05) is 18.7 Å². The smallest absolute Gasteiger partial charge is 0.366 e. The van der Waals surface area contributed by atoms with Crippen molar-refractivity contribution in [3.63, 3.8) is 0 Å². The van der Waals surface area contributed by atoms with E-state index in [-0.39, 0.29) is 12.1 Å². The van der Waals surface area contributed by atoms with Crippen LogP contribution in [0.5, 0.6) is 0 Å². The molecule has 1 saturated heterocycles. The van der Waals surface area contributed by atoms with Crippen LogP contribution in [-0.4, -0.2) is 40.3 Å². The summed E-state index contributed by atoms with van der Waals surface area (Å²) in [6.45, 7) is 1.46. The van der Waals surface area contributed by atoms with Gasteiger partial charge in [0.2, 0.25) is 5.13 Å². The van der Waals surface area contributed by atoms with Crippen LogP contribution in [0.1, 0.15) is 12.0 Å². The molecule has 0 unspecified atom stereocenters. The first-order valence-corrected chi connectivity index (χ1v) is 10.1. The van der Waals surface area contributed by atoms with E-state index in [0.717, 1.165) is 30.8 Å². The molecule has 0 radical (unpaired) electrons. The Morgan fingerprint density at radius 2 is 2.10 bits per heavy atom. The van der Waals surface area contributed by atoms with Gasteiger partial charge in [0.15, 0.2) is 5.82 Å². The zero-order chi connectivity index (χ0) is 20.9. The van der Waals surface area contributed by atoms with E-state index >= 15 is 0 Å². The highest BCUT2D eigenvalue weighted by Gasteiger charge is 2.40. The minimum absolute atomic E-state index is 0.0744. The summed E-state index contributed by atoms with van der Waals surface area (Å²) in [7, 11) is 0. The number of benzene rings is 1. The Morgan fingerprint density at radius 3 is 2.87 bits per heavy atom. The summed E-state index contributed by atoms with van der Waals surface area (Å²) < 4.78 is 39.4. The second-order valence-corrected chi connectivity index (χ2v) is 7.88. The first-order chi connectivity index (χ1) is 14.4. The zero-order valence-electron chi connectivity index (χ0n) is 15.4. The number of amides is 2. The fourth-order valence-electron chi connectivity index (χ4n) is 3.87. The molecule has 3 aromatic rings. The van der Waals surface area contributed by atoms with Crippen LogP contribution in [0, 0.1) is 0 Å². The summed E-state index contributed by atoms with van der Waals surface area (Å²) in [6.07, 6.45) is -3.67. The lowest BCUT2D eigenvalue weighted by Crippen LogP contribution is -2.48. The molecule has 2 aliphatic heterocycles. The second-order valence-electron chi connectivity index (χ2n) is 7.05. The second kappa shape index (κ2) is 6.94. The number of urea groups is 1. The maximum absolute atomic E-state index is 13.1. The number of nitrogens with zero attached hydrogens (tertiary/aromatic N) is 5. The van der Waals surface area contributed by atoms with Crippen molar-refractivity contribution in [2.24, 2.45) is 0 Å². The van der Waals surface area contributed by atoms with Crippen molar-refractivity contribution in [1.82, 2.24) is 15.2 Å². The predicted molar refractivity (Wildman–Crippen MR) is 107 cm³/mol. The fraction of sp³-hybridized carbons (Fsp3) is 0.263. The number of carbonyl (C=O) groups is 1. The highest BCUT2D eigenvalue weighted by atomic mass is 32.1. The van der Waals surface area contributed by atoms with Crippen LogP contribution >= 0.6 is 11.3 Å². The zero-order valence-corrected chi connectivity index (χ0v) is 16.2. The Hall–Kier alpha value is -3.21. The molecule has 7 nitrogen and oxygen atoms in total. The van der Waals surface area contributed by atoms with Crippen LogP contribution in [0.2, 0.25) is 0 Å². The number of nitrogens with one attached hydrogen (secondary N) is 1. The summed E-state index contributed by atoms with van der Waals surface area (Å²) in [5.41, 5.74) is 2.27. The molecule has 1 fully saturated rings. The van der Waals surface area contributed by atoms with Gasteiger partial charge in [0.1, 0.15) is 5.51 Å². The highest BCUT2D eigenvalue weighted by Crippen LogP contribution is 2.41. The van der Waals surface area contributed by atoms with Crippen molar-refractivity contribution in [3.05, 3.63) is 47.5 Å². The highest BCUT2D eigenvalue weighted by molar-refractivity contribution is 7.13. The Kier molecular flexibility index (Phi) is 4.35. The molecule has 1 aromatic carbocycles. The first kappa shape index (κ1) is 18.8. The molecule has 5 rings (SSSR count). The van der Waals surface area contributed by atoms with Gasteiger partial charge in [-0.15, -0.1) is 10.2 Å². The maximum Gasteiger partial charge on any atom is 0.416 e. The maximum atomic E-state index is 13.1. The van der Waals surface area contributed by atoms with Gasteiger partial charge in [-0.3, -0.25) is 10.2 Å². The molecule has 0 spiro atoms. The largest absolute Gasteiger partial charge is 0.416 e. The Labute approximate surface area is 173 Å². The van der Waals surface area contributed by atoms with Crippen LogP contribution in [0.15, 0.2) is 41.9 Å². The Morgan fingerprint density at radius 1 is 1.23 bits per heavy atom. The van der Waals surface area contributed by atoms with Crippen molar-refractivity contribution in [3.8, 4) is 11.3 Å². The first-order valence-electron chi connectivity index (χ1n) is 9.20. The molecule has 0 saturated carbocycles. The number of alkyl halides is 3. The van der Waals surface area contributed by atoms with Crippen molar-refractivity contribution in [2.75, 3.05) is 28.2 Å². The molecule has 4 heterocycles. The van der Waals surface area contributed by atoms with E-state index in [1.165, 1.54) is 22.9 Å². The van der Waals surface area contributed by atoms with Crippen LogP contribution in [-0.2, 0) is 6.18 Å². The average molecular weight is 432 g/mol. The number of anilines is 3. The fourth-order valence-corrected chi connectivity index (χ4v) is 4.30. The van der Waals surface area contributed by atoms with Gasteiger partial charge in [0.05, 0.1) is 23.0 Å². The topological polar surface area (TPSA) is 74.2 Å². The van der Waals surface area contributed by atoms with Gasteiger partial charge in [-0.05, 0) is 30.7 Å². The third-order valence-electron chi connectivity index (χ3n) is 5.23. The number of fused-ring (bicyclic) bond motifs is 4. The predicted octanol–water partition coefficient (Wildman–Crippen LogP) is 4.25. The molecule has 2 amide bonds. The number of rotatable bonds is 2. The van der Waals surface area contributed by atoms with Crippen LogP contribution in [0.25, 0.3) is 11.3 Å². The Bertz CT molecular complexity index is 1100. The van der Waals surface area contributed by atoms with Crippen molar-refractivity contribution in [1.29, 1.82) is 0 Å². The van der Waals surface area contributed by atoms with Crippen LogP contribution < -0.4 is 15.1 Å². The van der Waals surface area contributed by atoms with Crippen molar-refractivity contribution >= 4 is 34.0 Å². The third kappa shape index (κ3) is 3.24. The lowest BCUT2D eigenvalue weighted by Gasteiger charge is -2.35. The minimum Gasteiger partial charge on any atom is -0.366 e. The summed E-state index contributed by atoms with van der Waals surface area (Å²) >= 11 is 1.20. The monoisotopic (exact) mass is 432 g/mol. The average Bonchev–Trinajstić information content (AvgIpc) is 3.38. The van der Waals surface area contributed by atoms with E-state index in [0.29, 0.717) is 28.8 Å². The number of pyridine rings is 1. The third-order valence-corrected chi connectivity index (χ3v) is 5.84. The van der Waals surface area contributed by atoms with E-state index in [1.807, 2.05) is 6.07 Å². The minimum atomic E-state index is -4.44. The molecular weight excluding hydrogens is 417 g/mol. The van der Waals surface area contributed by atoms with Crippen molar-refractivity contribution < 1.29 is 18.0 Å². The van der Waals surface area contributed by atoms with E-state index < -0.39 is 11.7 Å². The summed E-state index contributed by atoms with van der Waals surface area (Å²) in [6, 6.07) is 8.06. The normalized spacial score (nSPS) is 17.8. The number of carbonyl (C=O) groups excluding carboxylic acids is 1. The van der Waals surface area contributed by atoms with E-state index in [1.54, 1.807) is 17.0 Å². The SMILES string of the molecule is O=C(Nc1nncs1)N1c2nc(-c3cccc(C(F)(F)F)c3)ccc2N2CC[C@H]1C2. The number of hydrogen-bond acceptors (Lipinski definition) is 6. The van der Waals surface area contributed by atoms with Crippen LogP contribution in [0.4, 0.5) is 34.6 Å². The lowest BCUT2D eigenvalue weighted by atomic mass is 10.1. The lowest BCUT2D eigenvalue weighted by molar-refractivity contribution is -0.137. The molecule has 11 heteroatoms. The summed E-state index contributed by atoms with van der Waals surface area (Å²) in [5, 5.41) is 10.7.